The summed E-state index contributed by atoms with van der Waals surface area (Å²) in [5, 5.41) is 43.0. The van der Waals surface area contributed by atoms with Crippen molar-refractivity contribution >= 4 is 5.91 Å². The second-order valence-electron chi connectivity index (χ2n) is 7.43. The molecule has 10 unspecified atom stereocenters. The van der Waals surface area contributed by atoms with Crippen LogP contribution in [0.25, 0.3) is 0 Å². The number of aliphatic hydroxyl groups is 4. The number of nitrogens with one attached hydrogen (secondary N) is 1. The zero-order valence-electron chi connectivity index (χ0n) is 15.6. The first-order valence-corrected chi connectivity index (χ1v) is 9.44. The van der Waals surface area contributed by atoms with Crippen LogP contribution in [0.15, 0.2) is 0 Å². The Hall–Kier alpha value is -0.930. The minimum absolute atomic E-state index is 0.0660. The summed E-state index contributed by atoms with van der Waals surface area (Å²) in [6.07, 6.45) is -7.22. The van der Waals surface area contributed by atoms with E-state index in [1.54, 1.807) is 0 Å². The molecule has 0 spiro atoms. The van der Waals surface area contributed by atoms with Gasteiger partial charge in [-0.25, -0.2) is 0 Å². The van der Waals surface area contributed by atoms with Crippen LogP contribution in [-0.2, 0) is 14.3 Å². The quantitative estimate of drug-likeness (QED) is 0.193. The van der Waals surface area contributed by atoms with Crippen molar-refractivity contribution in [2.75, 3.05) is 13.1 Å². The van der Waals surface area contributed by atoms with E-state index in [1.165, 1.54) is 0 Å². The van der Waals surface area contributed by atoms with E-state index in [0.29, 0.717) is 0 Å². The first-order valence-electron chi connectivity index (χ1n) is 9.44. The van der Waals surface area contributed by atoms with Gasteiger partial charge in [-0.1, -0.05) is 0 Å². The fraction of sp³-hybridized carbons (Fsp3) is 0.938. The van der Waals surface area contributed by atoms with Crippen LogP contribution in [0, 0.1) is 0 Å². The van der Waals surface area contributed by atoms with Crippen LogP contribution in [0.5, 0.6) is 0 Å². The standard InChI is InChI=1S/C16H33N5O7/c17-2-1-9(22)15(26)21-8-4-7(19)14(13(25)12(8)24)28-16-11(20)10(23)3-6(5-18)27-16/h6-14,16,22-25H,1-5,17-20H2,(H,21,26). The lowest BCUT2D eigenvalue weighted by Gasteiger charge is -2.45. The summed E-state index contributed by atoms with van der Waals surface area (Å²) in [5.74, 6) is -0.709. The zero-order chi connectivity index (χ0) is 21.0. The minimum Gasteiger partial charge on any atom is -0.391 e. The van der Waals surface area contributed by atoms with Crippen LogP contribution < -0.4 is 28.3 Å². The molecule has 2 aliphatic rings. The van der Waals surface area contributed by atoms with Gasteiger partial charge in [-0.15, -0.1) is 0 Å². The molecule has 2 fully saturated rings. The van der Waals surface area contributed by atoms with Gasteiger partial charge in [0.2, 0.25) is 5.91 Å². The highest BCUT2D eigenvalue weighted by atomic mass is 16.7. The maximum absolute atomic E-state index is 11.9. The topological polar surface area (TPSA) is 233 Å². The van der Waals surface area contributed by atoms with Gasteiger partial charge < -0.3 is 58.2 Å². The van der Waals surface area contributed by atoms with Crippen molar-refractivity contribution in [1.82, 2.24) is 5.32 Å². The Morgan fingerprint density at radius 1 is 1.18 bits per heavy atom. The summed E-state index contributed by atoms with van der Waals surface area (Å²) in [7, 11) is 0. The fourth-order valence-electron chi connectivity index (χ4n) is 3.52. The molecule has 1 aliphatic carbocycles. The molecule has 164 valence electrons. The number of aliphatic hydroxyl groups excluding tert-OH is 4. The average Bonchev–Trinajstić information content (AvgIpc) is 2.66. The van der Waals surface area contributed by atoms with Gasteiger partial charge >= 0.3 is 0 Å². The highest BCUT2D eigenvalue weighted by Crippen LogP contribution is 2.27. The van der Waals surface area contributed by atoms with E-state index in [9.17, 15) is 25.2 Å². The molecular formula is C16H33N5O7. The van der Waals surface area contributed by atoms with E-state index < -0.39 is 66.9 Å². The Morgan fingerprint density at radius 2 is 1.86 bits per heavy atom. The largest absolute Gasteiger partial charge is 0.391 e. The first-order chi connectivity index (χ1) is 13.2. The third kappa shape index (κ3) is 5.36. The molecule has 1 amide bonds. The third-order valence-corrected chi connectivity index (χ3v) is 5.26. The lowest BCUT2D eigenvalue weighted by molar-refractivity contribution is -0.266. The van der Waals surface area contributed by atoms with Gasteiger partial charge in [-0.2, -0.15) is 0 Å². The van der Waals surface area contributed by atoms with Crippen molar-refractivity contribution in [3.05, 3.63) is 0 Å². The molecule has 28 heavy (non-hydrogen) atoms. The second-order valence-corrected chi connectivity index (χ2v) is 7.43. The molecule has 0 bridgehead atoms. The summed E-state index contributed by atoms with van der Waals surface area (Å²) in [5.41, 5.74) is 22.9. The Balaban J connectivity index is 2.00. The maximum Gasteiger partial charge on any atom is 0.249 e. The van der Waals surface area contributed by atoms with Gasteiger partial charge in [0.15, 0.2) is 6.29 Å². The number of hydrogen-bond acceptors (Lipinski definition) is 11. The molecule has 12 nitrogen and oxygen atoms in total. The lowest BCUT2D eigenvalue weighted by Crippen LogP contribution is -2.66. The summed E-state index contributed by atoms with van der Waals surface area (Å²) in [6.45, 7) is 0.280. The highest BCUT2D eigenvalue weighted by molar-refractivity contribution is 5.80. The number of carbonyl (C=O) groups is 1. The Labute approximate surface area is 163 Å². The summed E-state index contributed by atoms with van der Waals surface area (Å²) in [6, 6.07) is -2.53. The van der Waals surface area contributed by atoms with E-state index in [2.05, 4.69) is 5.32 Å². The van der Waals surface area contributed by atoms with Gasteiger partial charge in [-0.05, 0) is 19.4 Å². The normalized spacial score (nSPS) is 42.8. The van der Waals surface area contributed by atoms with Gasteiger partial charge in [0.25, 0.3) is 0 Å². The Bertz CT molecular complexity index is 516. The van der Waals surface area contributed by atoms with Crippen LogP contribution in [0.3, 0.4) is 0 Å². The molecule has 1 heterocycles. The minimum atomic E-state index is -1.45. The number of carbonyl (C=O) groups excluding carboxylic acids is 1. The molecule has 1 saturated heterocycles. The zero-order valence-corrected chi connectivity index (χ0v) is 15.6. The van der Waals surface area contributed by atoms with Crippen molar-refractivity contribution in [3.8, 4) is 0 Å². The number of nitrogens with two attached hydrogens (primary N) is 4. The fourth-order valence-corrected chi connectivity index (χ4v) is 3.52. The van der Waals surface area contributed by atoms with E-state index in [1.807, 2.05) is 0 Å². The second kappa shape index (κ2) is 10.2. The molecular weight excluding hydrogens is 374 g/mol. The molecule has 0 radical (unpaired) electrons. The Kier molecular flexibility index (Phi) is 8.51. The monoisotopic (exact) mass is 407 g/mol. The number of rotatable bonds is 7. The predicted octanol–water partition coefficient (Wildman–Crippen LogP) is -5.22. The molecule has 0 aromatic carbocycles. The van der Waals surface area contributed by atoms with E-state index in [4.69, 9.17) is 32.4 Å². The maximum atomic E-state index is 11.9. The van der Waals surface area contributed by atoms with Crippen LogP contribution in [0.2, 0.25) is 0 Å². The smallest absolute Gasteiger partial charge is 0.249 e. The lowest BCUT2D eigenvalue weighted by atomic mass is 9.84. The molecule has 0 aromatic rings. The van der Waals surface area contributed by atoms with Crippen LogP contribution in [0.1, 0.15) is 19.3 Å². The van der Waals surface area contributed by atoms with E-state index >= 15 is 0 Å². The highest BCUT2D eigenvalue weighted by Gasteiger charge is 2.47. The van der Waals surface area contributed by atoms with E-state index in [0.717, 1.165) is 0 Å². The molecule has 2 rings (SSSR count). The summed E-state index contributed by atoms with van der Waals surface area (Å²) >= 11 is 0. The first kappa shape index (κ1) is 23.3. The van der Waals surface area contributed by atoms with E-state index in [-0.39, 0.29) is 32.4 Å². The van der Waals surface area contributed by atoms with Crippen LogP contribution >= 0.6 is 0 Å². The molecule has 10 atom stereocenters. The van der Waals surface area contributed by atoms with Crippen molar-refractivity contribution in [3.63, 3.8) is 0 Å². The number of amides is 1. The number of hydrogen-bond donors (Lipinski definition) is 9. The Morgan fingerprint density at radius 3 is 2.46 bits per heavy atom. The third-order valence-electron chi connectivity index (χ3n) is 5.26. The van der Waals surface area contributed by atoms with Crippen molar-refractivity contribution in [1.29, 1.82) is 0 Å². The molecule has 13 N–H and O–H groups in total. The van der Waals surface area contributed by atoms with Crippen molar-refractivity contribution in [2.24, 2.45) is 22.9 Å². The SMILES string of the molecule is NCCC(O)C(=O)NC1CC(N)C(OC2OC(CN)CC(O)C2N)C(O)C1O. The predicted molar refractivity (Wildman–Crippen MR) is 97.4 cm³/mol. The molecule has 1 aliphatic heterocycles. The van der Waals surface area contributed by atoms with Crippen LogP contribution in [-0.4, -0.2) is 100 Å². The van der Waals surface area contributed by atoms with Gasteiger partial charge in [0.1, 0.15) is 24.4 Å². The van der Waals surface area contributed by atoms with Gasteiger partial charge in [-0.3, -0.25) is 4.79 Å². The van der Waals surface area contributed by atoms with Crippen molar-refractivity contribution < 1.29 is 34.7 Å². The average molecular weight is 407 g/mol. The van der Waals surface area contributed by atoms with Gasteiger partial charge in [0.05, 0.1) is 24.3 Å². The summed E-state index contributed by atoms with van der Waals surface area (Å²) in [4.78, 5) is 11.9. The summed E-state index contributed by atoms with van der Waals surface area (Å²) < 4.78 is 11.3. The van der Waals surface area contributed by atoms with Gasteiger partial charge in [0, 0.05) is 19.0 Å². The molecule has 12 heteroatoms. The van der Waals surface area contributed by atoms with Crippen LogP contribution in [0.4, 0.5) is 0 Å². The van der Waals surface area contributed by atoms with Crippen molar-refractivity contribution in [2.45, 2.75) is 80.3 Å². The molecule has 1 saturated carbocycles. The molecule has 0 aromatic heterocycles. The number of ether oxygens (including phenoxy) is 2.